The Morgan fingerprint density at radius 1 is 0.432 bits per heavy atom. The topological polar surface area (TPSA) is 32.3 Å². The molecule has 44 heavy (non-hydrogen) atoms. The van der Waals surface area contributed by atoms with Crippen LogP contribution in [0.15, 0.2) is 122 Å². The van der Waals surface area contributed by atoms with Crippen molar-refractivity contribution in [2.75, 3.05) is 9.80 Å². The largest absolute Gasteiger partial charge is 0.309 e. The van der Waals surface area contributed by atoms with Crippen LogP contribution in [-0.4, -0.2) is 9.97 Å². The number of aryl methyl sites for hydroxylation is 6. The summed E-state index contributed by atoms with van der Waals surface area (Å²) in [4.78, 5) is 14.2. The molecule has 218 valence electrons. The van der Waals surface area contributed by atoms with E-state index in [4.69, 9.17) is 9.97 Å². The van der Waals surface area contributed by atoms with Crippen molar-refractivity contribution in [1.82, 2.24) is 9.97 Å². The first-order chi connectivity index (χ1) is 21.3. The molecule has 0 radical (unpaired) electrons. The Morgan fingerprint density at radius 2 is 0.864 bits per heavy atom. The predicted octanol–water partition coefficient (Wildman–Crippen LogP) is 10.9. The number of rotatable bonds is 7. The van der Waals surface area contributed by atoms with E-state index in [1.165, 1.54) is 44.8 Å². The summed E-state index contributed by atoms with van der Waals surface area (Å²) in [6, 6.07) is 38.4. The lowest BCUT2D eigenvalue weighted by Gasteiger charge is -2.32. The Kier molecular flexibility index (Phi) is 7.99. The minimum atomic E-state index is 0.760. The molecule has 0 saturated heterocycles. The summed E-state index contributed by atoms with van der Waals surface area (Å²) >= 11 is 0. The fourth-order valence-corrected chi connectivity index (χ4v) is 6.36. The van der Waals surface area contributed by atoms with Crippen LogP contribution in [0.4, 0.5) is 34.3 Å². The molecule has 0 spiro atoms. The summed E-state index contributed by atoms with van der Waals surface area (Å²) in [5, 5.41) is 0. The number of aromatic nitrogens is 2. The fraction of sp³-hybridized carbons (Fsp3) is 0.150. The van der Waals surface area contributed by atoms with E-state index in [1.807, 2.05) is 36.7 Å². The van der Waals surface area contributed by atoms with Crippen LogP contribution in [0.5, 0.6) is 0 Å². The van der Waals surface area contributed by atoms with Gasteiger partial charge in [0.1, 0.15) is 0 Å². The van der Waals surface area contributed by atoms with Crippen LogP contribution in [0.25, 0.3) is 11.3 Å². The molecule has 0 saturated carbocycles. The average Bonchev–Trinajstić information content (AvgIpc) is 3.01. The summed E-state index contributed by atoms with van der Waals surface area (Å²) in [6.07, 6.45) is 3.70. The monoisotopic (exact) mass is 574 g/mol. The van der Waals surface area contributed by atoms with Gasteiger partial charge in [-0.25, -0.2) is 4.98 Å². The molecule has 0 bridgehead atoms. The van der Waals surface area contributed by atoms with Gasteiger partial charge in [-0.05, 0) is 100 Å². The van der Waals surface area contributed by atoms with Crippen molar-refractivity contribution in [2.24, 2.45) is 0 Å². The Labute approximate surface area is 261 Å². The lowest BCUT2D eigenvalue weighted by molar-refractivity contribution is 1.12. The highest BCUT2D eigenvalue weighted by atomic mass is 15.2. The average molecular weight is 575 g/mol. The summed E-state index contributed by atoms with van der Waals surface area (Å²) < 4.78 is 0. The minimum absolute atomic E-state index is 0.760. The van der Waals surface area contributed by atoms with E-state index in [2.05, 4.69) is 136 Å². The Bertz CT molecular complexity index is 1790. The van der Waals surface area contributed by atoms with Crippen molar-refractivity contribution in [1.29, 1.82) is 0 Å². The molecule has 4 heteroatoms. The molecule has 4 nitrogen and oxygen atoms in total. The van der Waals surface area contributed by atoms with Gasteiger partial charge in [0, 0.05) is 22.6 Å². The van der Waals surface area contributed by atoms with Gasteiger partial charge in [0.2, 0.25) is 0 Å². The lowest BCUT2D eigenvalue weighted by Crippen LogP contribution is -2.16. The molecule has 0 fully saturated rings. The maximum atomic E-state index is 4.88. The number of benzene rings is 5. The molecule has 1 heterocycles. The number of hydrogen-bond acceptors (Lipinski definition) is 4. The SMILES string of the molecule is Cc1cc(C)c(N(c2ccc(N(c3ccccc3)c3cnc(-c4ccccc4)cn3)cc2)c2c(C)cc(C)cc2C)c(C)c1. The molecule has 0 aliphatic rings. The lowest BCUT2D eigenvalue weighted by atomic mass is 9.98. The minimum Gasteiger partial charge on any atom is -0.309 e. The number of hydrogen-bond donors (Lipinski definition) is 0. The van der Waals surface area contributed by atoms with Crippen molar-refractivity contribution in [3.05, 3.63) is 155 Å². The van der Waals surface area contributed by atoms with Crippen molar-refractivity contribution in [3.63, 3.8) is 0 Å². The predicted molar refractivity (Wildman–Crippen MR) is 185 cm³/mol. The van der Waals surface area contributed by atoms with Crippen molar-refractivity contribution in [2.45, 2.75) is 41.5 Å². The highest BCUT2D eigenvalue weighted by Gasteiger charge is 2.22. The van der Waals surface area contributed by atoms with Gasteiger partial charge in [-0.15, -0.1) is 0 Å². The zero-order valence-corrected chi connectivity index (χ0v) is 26.3. The molecule has 0 aliphatic carbocycles. The van der Waals surface area contributed by atoms with Crippen LogP contribution < -0.4 is 9.80 Å². The quantitative estimate of drug-likeness (QED) is 0.190. The Balaban J connectivity index is 1.46. The summed E-state index contributed by atoms with van der Waals surface area (Å²) in [6.45, 7) is 13.2. The van der Waals surface area contributed by atoms with Crippen LogP contribution in [0, 0.1) is 41.5 Å². The van der Waals surface area contributed by atoms with Crippen LogP contribution in [-0.2, 0) is 0 Å². The first kappa shape index (κ1) is 28.9. The number of para-hydroxylation sites is 1. The summed E-state index contributed by atoms with van der Waals surface area (Å²) in [5.74, 6) is 0.760. The molecule has 6 aromatic rings. The van der Waals surface area contributed by atoms with E-state index in [-0.39, 0.29) is 0 Å². The Morgan fingerprint density at radius 3 is 1.32 bits per heavy atom. The van der Waals surface area contributed by atoms with Gasteiger partial charge < -0.3 is 4.90 Å². The highest BCUT2D eigenvalue weighted by molar-refractivity contribution is 5.85. The van der Waals surface area contributed by atoms with Gasteiger partial charge >= 0.3 is 0 Å². The van der Waals surface area contributed by atoms with Gasteiger partial charge in [-0.2, -0.15) is 0 Å². The molecular weight excluding hydrogens is 536 g/mol. The van der Waals surface area contributed by atoms with Crippen molar-refractivity contribution in [3.8, 4) is 11.3 Å². The molecule has 6 rings (SSSR count). The molecular formula is C40H38N4. The van der Waals surface area contributed by atoms with Gasteiger partial charge in [0.15, 0.2) is 5.82 Å². The third-order valence-electron chi connectivity index (χ3n) is 8.04. The highest BCUT2D eigenvalue weighted by Crippen LogP contribution is 2.43. The molecule has 0 unspecified atom stereocenters. The first-order valence-corrected chi connectivity index (χ1v) is 15.1. The summed E-state index contributed by atoms with van der Waals surface area (Å²) in [5.41, 5.74) is 15.0. The molecule has 0 amide bonds. The molecule has 0 atom stereocenters. The fourth-order valence-electron chi connectivity index (χ4n) is 6.36. The smallest absolute Gasteiger partial charge is 0.156 e. The van der Waals surface area contributed by atoms with E-state index >= 15 is 0 Å². The summed E-state index contributed by atoms with van der Waals surface area (Å²) in [7, 11) is 0. The van der Waals surface area contributed by atoms with Gasteiger partial charge in [-0.3, -0.25) is 9.88 Å². The Hall–Kier alpha value is -5.22. The number of anilines is 6. The molecule has 5 aromatic carbocycles. The molecule has 1 aromatic heterocycles. The van der Waals surface area contributed by atoms with Crippen LogP contribution in [0.3, 0.4) is 0 Å². The third kappa shape index (κ3) is 5.71. The van der Waals surface area contributed by atoms with Crippen molar-refractivity contribution < 1.29 is 0 Å². The van der Waals surface area contributed by atoms with E-state index < -0.39 is 0 Å². The standard InChI is InChI=1S/C40H38N4/c1-27-21-29(3)39(30(4)22-27)44(40-31(5)23-28(2)24-32(40)6)36-19-17-35(18-20-36)43(34-15-11-8-12-16-34)38-26-41-37(25-42-38)33-13-9-7-10-14-33/h7-26H,1-6H3. The second kappa shape index (κ2) is 12.2. The van der Waals surface area contributed by atoms with E-state index in [9.17, 15) is 0 Å². The van der Waals surface area contributed by atoms with Crippen LogP contribution in [0.2, 0.25) is 0 Å². The van der Waals surface area contributed by atoms with Gasteiger partial charge in [-0.1, -0.05) is 83.9 Å². The third-order valence-corrected chi connectivity index (χ3v) is 8.04. The van der Waals surface area contributed by atoms with Crippen LogP contribution in [0.1, 0.15) is 33.4 Å². The first-order valence-electron chi connectivity index (χ1n) is 15.1. The second-order valence-corrected chi connectivity index (χ2v) is 11.6. The molecule has 0 aliphatic heterocycles. The van der Waals surface area contributed by atoms with Gasteiger partial charge in [0.05, 0.1) is 29.5 Å². The van der Waals surface area contributed by atoms with Gasteiger partial charge in [0.25, 0.3) is 0 Å². The maximum Gasteiger partial charge on any atom is 0.156 e. The van der Waals surface area contributed by atoms with E-state index in [0.717, 1.165) is 34.1 Å². The van der Waals surface area contributed by atoms with E-state index in [1.54, 1.807) is 0 Å². The second-order valence-electron chi connectivity index (χ2n) is 11.6. The zero-order chi connectivity index (χ0) is 30.8. The maximum absolute atomic E-state index is 4.88. The molecule has 0 N–H and O–H groups in total. The normalized spacial score (nSPS) is 11.0. The van der Waals surface area contributed by atoms with E-state index in [0.29, 0.717) is 0 Å². The zero-order valence-electron chi connectivity index (χ0n) is 26.3. The van der Waals surface area contributed by atoms with Crippen molar-refractivity contribution >= 4 is 34.3 Å². The number of nitrogens with zero attached hydrogens (tertiary/aromatic N) is 4. The van der Waals surface area contributed by atoms with Crippen LogP contribution >= 0.6 is 0 Å².